The van der Waals surface area contributed by atoms with Gasteiger partial charge in [0.25, 0.3) is 0 Å². The van der Waals surface area contributed by atoms with Crippen LogP contribution in [-0.4, -0.2) is 14.2 Å². The van der Waals surface area contributed by atoms with Crippen molar-refractivity contribution in [3.8, 4) is 0 Å². The van der Waals surface area contributed by atoms with Gasteiger partial charge in [-0.25, -0.2) is 13.6 Å². The van der Waals surface area contributed by atoms with Crippen molar-refractivity contribution < 1.29 is 13.2 Å². The number of carbonyl (C=O) groups excluding carboxylic acids is 1. The summed E-state index contributed by atoms with van der Waals surface area (Å²) in [5.74, 6) is -0.228. The maximum absolute atomic E-state index is 12.1. The van der Waals surface area contributed by atoms with E-state index in [2.05, 4.69) is 0 Å². The first-order chi connectivity index (χ1) is 8.88. The number of sulfonamides is 1. The molecule has 0 aliphatic carbocycles. The number of nitrogen functional groups attached to an aromatic ring is 1. The van der Waals surface area contributed by atoms with Crippen molar-refractivity contribution >= 4 is 21.5 Å². The van der Waals surface area contributed by atoms with Crippen molar-refractivity contribution in [2.75, 3.05) is 5.73 Å². The highest BCUT2D eigenvalue weighted by Gasteiger charge is 2.12. The number of carbonyl (C=O) groups is 1. The molecule has 4 N–H and O–H groups in total. The summed E-state index contributed by atoms with van der Waals surface area (Å²) in [6, 6.07) is 12.0. The average molecular weight is 276 g/mol. The number of benzene rings is 2. The number of anilines is 1. The topological polar surface area (TPSA) is 103 Å². The molecule has 0 fully saturated rings. The fourth-order valence-corrected chi connectivity index (χ4v) is 2.16. The molecule has 0 saturated heterocycles. The van der Waals surface area contributed by atoms with Gasteiger partial charge in [0.15, 0.2) is 5.78 Å². The van der Waals surface area contributed by atoms with Gasteiger partial charge >= 0.3 is 0 Å². The van der Waals surface area contributed by atoms with Gasteiger partial charge in [-0.05, 0) is 36.4 Å². The van der Waals surface area contributed by atoms with Crippen molar-refractivity contribution in [3.63, 3.8) is 0 Å². The summed E-state index contributed by atoms with van der Waals surface area (Å²) in [5.41, 5.74) is 6.92. The molecule has 6 heteroatoms. The van der Waals surface area contributed by atoms with Gasteiger partial charge < -0.3 is 5.73 Å². The lowest BCUT2D eigenvalue weighted by molar-refractivity contribution is 0.103. The molecule has 0 aliphatic rings. The zero-order valence-corrected chi connectivity index (χ0v) is 10.7. The minimum atomic E-state index is -3.75. The van der Waals surface area contributed by atoms with Gasteiger partial charge in [0.1, 0.15) is 0 Å². The number of nitrogens with two attached hydrogens (primary N) is 2. The van der Waals surface area contributed by atoms with Gasteiger partial charge in [-0.15, -0.1) is 0 Å². The second kappa shape index (κ2) is 4.83. The minimum absolute atomic E-state index is 0.0309. The number of ketones is 1. The second-order valence-electron chi connectivity index (χ2n) is 4.02. The van der Waals surface area contributed by atoms with E-state index in [4.69, 9.17) is 10.9 Å². The number of primary sulfonamides is 1. The first kappa shape index (κ1) is 13.3. The molecule has 0 aromatic heterocycles. The molecule has 19 heavy (non-hydrogen) atoms. The molecule has 0 saturated carbocycles. The van der Waals surface area contributed by atoms with E-state index in [1.807, 2.05) is 0 Å². The Labute approximate surface area is 110 Å². The molecule has 0 heterocycles. The minimum Gasteiger partial charge on any atom is -0.399 e. The van der Waals surface area contributed by atoms with Crippen LogP contribution >= 0.6 is 0 Å². The summed E-state index contributed by atoms with van der Waals surface area (Å²) in [5, 5.41) is 4.98. The fraction of sp³-hybridized carbons (Fsp3) is 0. The number of hydrogen-bond donors (Lipinski definition) is 2. The largest absolute Gasteiger partial charge is 0.399 e. The molecule has 2 rings (SSSR count). The summed E-state index contributed by atoms with van der Waals surface area (Å²) < 4.78 is 22.2. The van der Waals surface area contributed by atoms with Crippen LogP contribution in [0.3, 0.4) is 0 Å². The highest BCUT2D eigenvalue weighted by molar-refractivity contribution is 7.89. The Morgan fingerprint density at radius 3 is 2.11 bits per heavy atom. The van der Waals surface area contributed by atoms with E-state index in [9.17, 15) is 13.2 Å². The molecule has 0 spiro atoms. The predicted molar refractivity (Wildman–Crippen MR) is 72.1 cm³/mol. The third-order valence-electron chi connectivity index (χ3n) is 2.59. The predicted octanol–water partition coefficient (Wildman–Crippen LogP) is 1.15. The van der Waals surface area contributed by atoms with Crippen molar-refractivity contribution in [1.82, 2.24) is 0 Å². The summed E-state index contributed by atoms with van der Waals surface area (Å²) in [6.45, 7) is 0. The Balaban J connectivity index is 2.35. The van der Waals surface area contributed by atoms with Gasteiger partial charge in [-0.1, -0.05) is 12.1 Å². The first-order valence-electron chi connectivity index (χ1n) is 5.41. The molecule has 2 aromatic carbocycles. The Morgan fingerprint density at radius 2 is 1.58 bits per heavy atom. The first-order valence-corrected chi connectivity index (χ1v) is 6.96. The average Bonchev–Trinajstić information content (AvgIpc) is 2.37. The normalized spacial score (nSPS) is 11.2. The summed E-state index contributed by atoms with van der Waals surface area (Å²) in [4.78, 5) is 12.1. The lowest BCUT2D eigenvalue weighted by Gasteiger charge is -2.03. The molecule has 0 unspecified atom stereocenters. The molecule has 2 aromatic rings. The summed E-state index contributed by atoms with van der Waals surface area (Å²) >= 11 is 0. The highest BCUT2D eigenvalue weighted by atomic mass is 32.2. The Hall–Kier alpha value is -2.18. The van der Waals surface area contributed by atoms with Crippen LogP contribution in [0, 0.1) is 0 Å². The van der Waals surface area contributed by atoms with Gasteiger partial charge in [0.2, 0.25) is 10.0 Å². The van der Waals surface area contributed by atoms with Crippen molar-refractivity contribution in [3.05, 3.63) is 59.7 Å². The zero-order chi connectivity index (χ0) is 14.0. The highest BCUT2D eigenvalue weighted by Crippen LogP contribution is 2.15. The lowest BCUT2D eigenvalue weighted by Crippen LogP contribution is -2.12. The lowest BCUT2D eigenvalue weighted by atomic mass is 10.0. The zero-order valence-electron chi connectivity index (χ0n) is 9.91. The van der Waals surface area contributed by atoms with E-state index in [1.165, 1.54) is 24.3 Å². The fourth-order valence-electron chi connectivity index (χ4n) is 1.64. The van der Waals surface area contributed by atoms with Crippen LogP contribution in [0.25, 0.3) is 0 Å². The van der Waals surface area contributed by atoms with E-state index in [-0.39, 0.29) is 10.7 Å². The van der Waals surface area contributed by atoms with E-state index in [1.54, 1.807) is 24.3 Å². The van der Waals surface area contributed by atoms with E-state index in [0.717, 1.165) is 0 Å². The van der Waals surface area contributed by atoms with Gasteiger partial charge in [-0.2, -0.15) is 0 Å². The maximum atomic E-state index is 12.1. The molecular weight excluding hydrogens is 264 g/mol. The third kappa shape index (κ3) is 2.98. The Kier molecular flexibility index (Phi) is 3.37. The summed E-state index contributed by atoms with van der Waals surface area (Å²) in [7, 11) is -3.75. The van der Waals surface area contributed by atoms with Crippen LogP contribution < -0.4 is 10.9 Å². The number of rotatable bonds is 3. The monoisotopic (exact) mass is 276 g/mol. The second-order valence-corrected chi connectivity index (χ2v) is 5.59. The molecule has 98 valence electrons. The summed E-state index contributed by atoms with van der Waals surface area (Å²) in [6.07, 6.45) is 0. The maximum Gasteiger partial charge on any atom is 0.238 e. The number of hydrogen-bond acceptors (Lipinski definition) is 4. The van der Waals surface area contributed by atoms with Crippen LogP contribution in [-0.2, 0) is 10.0 Å². The van der Waals surface area contributed by atoms with Gasteiger partial charge in [0, 0.05) is 16.8 Å². The Morgan fingerprint density at radius 1 is 0.947 bits per heavy atom. The van der Waals surface area contributed by atoms with E-state index < -0.39 is 10.0 Å². The molecule has 0 bridgehead atoms. The van der Waals surface area contributed by atoms with Crippen LogP contribution in [0.1, 0.15) is 15.9 Å². The smallest absolute Gasteiger partial charge is 0.238 e. The van der Waals surface area contributed by atoms with Gasteiger partial charge in [0.05, 0.1) is 4.90 Å². The molecular formula is C13H12N2O3S. The molecule has 0 radical (unpaired) electrons. The van der Waals surface area contributed by atoms with Crippen molar-refractivity contribution in [1.29, 1.82) is 0 Å². The van der Waals surface area contributed by atoms with Crippen LogP contribution in [0.2, 0.25) is 0 Å². The third-order valence-corrected chi connectivity index (χ3v) is 3.52. The molecule has 5 nitrogen and oxygen atoms in total. The molecule has 0 aliphatic heterocycles. The Bertz CT molecular complexity index is 722. The van der Waals surface area contributed by atoms with Crippen molar-refractivity contribution in [2.24, 2.45) is 5.14 Å². The van der Waals surface area contributed by atoms with E-state index in [0.29, 0.717) is 16.8 Å². The van der Waals surface area contributed by atoms with Crippen molar-refractivity contribution in [2.45, 2.75) is 4.90 Å². The van der Waals surface area contributed by atoms with Crippen LogP contribution in [0.4, 0.5) is 5.69 Å². The van der Waals surface area contributed by atoms with Crippen LogP contribution in [0.15, 0.2) is 53.4 Å². The van der Waals surface area contributed by atoms with Crippen LogP contribution in [0.5, 0.6) is 0 Å². The quantitative estimate of drug-likeness (QED) is 0.648. The molecule has 0 atom stereocenters. The van der Waals surface area contributed by atoms with Gasteiger partial charge in [-0.3, -0.25) is 4.79 Å². The SMILES string of the molecule is Nc1cccc(C(=O)c2ccc(S(N)(=O)=O)cc2)c1. The standard InChI is InChI=1S/C13H12N2O3S/c14-11-3-1-2-10(8-11)13(16)9-4-6-12(7-5-9)19(15,17)18/h1-8H,14H2,(H2,15,17,18). The molecule has 0 amide bonds. The van der Waals surface area contributed by atoms with E-state index >= 15 is 0 Å².